The van der Waals surface area contributed by atoms with Gasteiger partial charge in [0.15, 0.2) is 0 Å². The van der Waals surface area contributed by atoms with Crippen molar-refractivity contribution in [2.45, 2.75) is 6.42 Å². The van der Waals surface area contributed by atoms with Gasteiger partial charge in [0, 0.05) is 24.5 Å². The molecule has 0 saturated carbocycles. The molecule has 0 spiro atoms. The number of hydrogen-bond acceptors (Lipinski definition) is 1. The number of nitrogens with zero attached hydrogens (tertiary/aromatic N) is 2. The summed E-state index contributed by atoms with van der Waals surface area (Å²) in [7, 11) is 0. The van der Waals surface area contributed by atoms with E-state index in [1.165, 1.54) is 28.0 Å². The maximum Gasteiger partial charge on any atom is 0.0493 e. The predicted octanol–water partition coefficient (Wildman–Crippen LogP) is 4.10. The molecule has 4 rings (SSSR count). The van der Waals surface area contributed by atoms with Crippen molar-refractivity contribution in [2.24, 2.45) is 0 Å². The van der Waals surface area contributed by atoms with Crippen LogP contribution in [-0.4, -0.2) is 9.78 Å². The van der Waals surface area contributed by atoms with Gasteiger partial charge in [-0.15, -0.1) is 0 Å². The van der Waals surface area contributed by atoms with E-state index in [1.807, 2.05) is 23.1 Å². The van der Waals surface area contributed by atoms with Gasteiger partial charge in [0.2, 0.25) is 0 Å². The molecule has 2 nitrogen and oxygen atoms in total. The van der Waals surface area contributed by atoms with Crippen LogP contribution in [0.2, 0.25) is 0 Å². The number of rotatable bonds is 2. The van der Waals surface area contributed by atoms with E-state index >= 15 is 0 Å². The Bertz CT molecular complexity index is 768. The zero-order valence-corrected chi connectivity index (χ0v) is 11.0. The Morgan fingerprint density at radius 1 is 0.900 bits per heavy atom. The lowest BCUT2D eigenvalue weighted by atomic mass is 9.97. The van der Waals surface area contributed by atoms with Gasteiger partial charge in [0.05, 0.1) is 0 Å². The Morgan fingerprint density at radius 2 is 1.80 bits per heavy atom. The first-order valence-electron chi connectivity index (χ1n) is 6.80. The van der Waals surface area contributed by atoms with Crippen molar-refractivity contribution in [2.75, 3.05) is 0 Å². The Kier molecular flexibility index (Phi) is 2.52. The zero-order chi connectivity index (χ0) is 13.4. The fourth-order valence-electron chi connectivity index (χ4n) is 2.81. The molecule has 1 aliphatic carbocycles. The van der Waals surface area contributed by atoms with E-state index < -0.39 is 0 Å². The third-order valence-electron chi connectivity index (χ3n) is 3.76. The molecule has 96 valence electrons. The summed E-state index contributed by atoms with van der Waals surface area (Å²) in [6, 6.07) is 19.0. The van der Waals surface area contributed by atoms with Crippen LogP contribution in [0, 0.1) is 0 Å². The van der Waals surface area contributed by atoms with Gasteiger partial charge in [0.25, 0.3) is 0 Å². The number of aromatic nitrogens is 2. The van der Waals surface area contributed by atoms with Crippen molar-refractivity contribution in [1.29, 1.82) is 0 Å². The third kappa shape index (κ3) is 1.77. The summed E-state index contributed by atoms with van der Waals surface area (Å²) in [6.07, 6.45) is 7.02. The smallest absolute Gasteiger partial charge is 0.0493 e. The number of allylic oxidation sites excluding steroid dienone is 1. The first kappa shape index (κ1) is 11.2. The topological polar surface area (TPSA) is 17.8 Å². The van der Waals surface area contributed by atoms with Crippen LogP contribution in [0.3, 0.4) is 0 Å². The minimum absolute atomic E-state index is 0.942. The van der Waals surface area contributed by atoms with Crippen molar-refractivity contribution in [3.05, 3.63) is 78.1 Å². The highest BCUT2D eigenvalue weighted by atomic mass is 15.3. The number of hydrogen-bond donors (Lipinski definition) is 0. The Morgan fingerprint density at radius 3 is 2.60 bits per heavy atom. The maximum absolute atomic E-state index is 4.33. The molecule has 1 heterocycles. The molecule has 0 unspecified atom stereocenters. The van der Waals surface area contributed by atoms with Gasteiger partial charge in [-0.2, -0.15) is 5.10 Å². The van der Waals surface area contributed by atoms with E-state index in [2.05, 4.69) is 59.7 Å². The van der Waals surface area contributed by atoms with Crippen molar-refractivity contribution < 1.29 is 0 Å². The van der Waals surface area contributed by atoms with Crippen LogP contribution >= 0.6 is 0 Å². The van der Waals surface area contributed by atoms with Crippen LogP contribution < -0.4 is 0 Å². The van der Waals surface area contributed by atoms with Crippen LogP contribution in [0.1, 0.15) is 11.1 Å². The second-order valence-electron chi connectivity index (χ2n) is 5.01. The van der Waals surface area contributed by atoms with Crippen LogP contribution in [0.5, 0.6) is 0 Å². The molecule has 0 amide bonds. The second-order valence-corrected chi connectivity index (χ2v) is 5.01. The van der Waals surface area contributed by atoms with E-state index in [1.54, 1.807) is 0 Å². The van der Waals surface area contributed by atoms with E-state index in [4.69, 9.17) is 0 Å². The molecule has 2 aromatic carbocycles. The van der Waals surface area contributed by atoms with Crippen LogP contribution in [0.25, 0.3) is 22.9 Å². The summed E-state index contributed by atoms with van der Waals surface area (Å²) >= 11 is 0. The molecule has 0 N–H and O–H groups in total. The standard InChI is InChI=1S/C18H14N2/c1-2-6-14(7-3-1)17-9-4-8-15-12-16(13-18(15)17)20-11-5-10-19-20/h1-11,13H,12H2. The Labute approximate surface area is 118 Å². The quantitative estimate of drug-likeness (QED) is 0.676. The molecule has 20 heavy (non-hydrogen) atoms. The largest absolute Gasteiger partial charge is 0.245 e. The first-order valence-corrected chi connectivity index (χ1v) is 6.80. The molecule has 0 saturated heterocycles. The van der Waals surface area contributed by atoms with Gasteiger partial charge in [-0.25, -0.2) is 4.68 Å². The van der Waals surface area contributed by atoms with Crippen molar-refractivity contribution >= 4 is 11.8 Å². The highest BCUT2D eigenvalue weighted by Crippen LogP contribution is 2.35. The number of fused-ring (bicyclic) bond motifs is 1. The number of benzene rings is 2. The van der Waals surface area contributed by atoms with Gasteiger partial charge >= 0.3 is 0 Å². The van der Waals surface area contributed by atoms with Gasteiger partial charge < -0.3 is 0 Å². The van der Waals surface area contributed by atoms with Crippen LogP contribution in [0.4, 0.5) is 0 Å². The van der Waals surface area contributed by atoms with E-state index in [0.717, 1.165) is 6.42 Å². The molecule has 0 aliphatic heterocycles. The van der Waals surface area contributed by atoms with Gasteiger partial charge in [-0.3, -0.25) is 0 Å². The van der Waals surface area contributed by atoms with E-state index in [-0.39, 0.29) is 0 Å². The fraction of sp³-hybridized carbons (Fsp3) is 0.0556. The molecule has 3 aromatic rings. The highest BCUT2D eigenvalue weighted by Gasteiger charge is 2.17. The van der Waals surface area contributed by atoms with Crippen LogP contribution in [0.15, 0.2) is 67.0 Å². The summed E-state index contributed by atoms with van der Waals surface area (Å²) in [5, 5.41) is 4.33. The summed E-state index contributed by atoms with van der Waals surface area (Å²) < 4.78 is 1.95. The first-order chi connectivity index (χ1) is 9.92. The average molecular weight is 258 g/mol. The SMILES string of the molecule is C1=C(n2cccn2)Cc2cccc(-c3ccccc3)c21. The van der Waals surface area contributed by atoms with Crippen molar-refractivity contribution in [3.8, 4) is 11.1 Å². The normalized spacial score (nSPS) is 13.1. The zero-order valence-electron chi connectivity index (χ0n) is 11.0. The molecule has 0 bridgehead atoms. The molecule has 0 atom stereocenters. The van der Waals surface area contributed by atoms with E-state index in [0.29, 0.717) is 0 Å². The minimum atomic E-state index is 0.942. The molecular weight excluding hydrogens is 244 g/mol. The van der Waals surface area contributed by atoms with Gasteiger partial charge in [0.1, 0.15) is 0 Å². The van der Waals surface area contributed by atoms with E-state index in [9.17, 15) is 0 Å². The third-order valence-corrected chi connectivity index (χ3v) is 3.76. The summed E-state index contributed by atoms with van der Waals surface area (Å²) in [5.41, 5.74) is 6.49. The molecule has 0 fully saturated rings. The average Bonchev–Trinajstić information content (AvgIpc) is 3.16. The summed E-state index contributed by atoms with van der Waals surface area (Å²) in [6.45, 7) is 0. The van der Waals surface area contributed by atoms with Crippen molar-refractivity contribution in [1.82, 2.24) is 9.78 Å². The molecule has 2 heteroatoms. The maximum atomic E-state index is 4.33. The van der Waals surface area contributed by atoms with Gasteiger partial charge in [-0.05, 0) is 34.4 Å². The highest BCUT2D eigenvalue weighted by molar-refractivity contribution is 5.88. The second kappa shape index (κ2) is 4.49. The van der Waals surface area contributed by atoms with Crippen LogP contribution in [-0.2, 0) is 6.42 Å². The molecule has 0 radical (unpaired) electrons. The Balaban J connectivity index is 1.84. The van der Waals surface area contributed by atoms with Crippen molar-refractivity contribution in [3.63, 3.8) is 0 Å². The minimum Gasteiger partial charge on any atom is -0.245 e. The molecular formula is C18H14N2. The van der Waals surface area contributed by atoms with Gasteiger partial charge in [-0.1, -0.05) is 48.5 Å². The summed E-state index contributed by atoms with van der Waals surface area (Å²) in [5.74, 6) is 0. The lowest BCUT2D eigenvalue weighted by Crippen LogP contribution is -1.96. The fourth-order valence-corrected chi connectivity index (χ4v) is 2.81. The monoisotopic (exact) mass is 258 g/mol. The molecule has 1 aromatic heterocycles. The lowest BCUT2D eigenvalue weighted by molar-refractivity contribution is 0.883. The predicted molar refractivity (Wildman–Crippen MR) is 82.0 cm³/mol. The Hall–Kier alpha value is -2.61. The molecule has 1 aliphatic rings. The summed E-state index contributed by atoms with van der Waals surface area (Å²) in [4.78, 5) is 0. The lowest BCUT2D eigenvalue weighted by Gasteiger charge is -2.07.